The summed E-state index contributed by atoms with van der Waals surface area (Å²) in [6.07, 6.45) is 0.149. The lowest BCUT2D eigenvalue weighted by Crippen LogP contribution is -2.38. The third-order valence-electron chi connectivity index (χ3n) is 4.37. The number of rotatable bonds is 7. The van der Waals surface area contributed by atoms with Gasteiger partial charge in [-0.3, -0.25) is 14.4 Å². The summed E-state index contributed by atoms with van der Waals surface area (Å²) in [6.45, 7) is 0.823. The van der Waals surface area contributed by atoms with Crippen LogP contribution in [0.3, 0.4) is 0 Å². The number of amides is 3. The predicted octanol–water partition coefficient (Wildman–Crippen LogP) is 1.95. The van der Waals surface area contributed by atoms with Crippen LogP contribution >= 0.6 is 15.9 Å². The minimum atomic E-state index is -0.435. The van der Waals surface area contributed by atoms with Crippen LogP contribution in [-0.2, 0) is 9.59 Å². The average Bonchev–Trinajstić information content (AvgIpc) is 3.30. The molecule has 9 heteroatoms. The zero-order valence-corrected chi connectivity index (χ0v) is 16.8. The maximum Gasteiger partial charge on any atom is 0.287 e. The maximum absolute atomic E-state index is 12.4. The summed E-state index contributed by atoms with van der Waals surface area (Å²) < 4.78 is 10.8. The van der Waals surface area contributed by atoms with Gasteiger partial charge in [0, 0.05) is 37.8 Å². The van der Waals surface area contributed by atoms with Crippen molar-refractivity contribution in [3.8, 4) is 5.75 Å². The highest BCUT2D eigenvalue weighted by Gasteiger charge is 2.35. The van der Waals surface area contributed by atoms with Crippen LogP contribution in [0, 0.1) is 5.92 Å². The van der Waals surface area contributed by atoms with Crippen LogP contribution in [0.5, 0.6) is 5.75 Å². The van der Waals surface area contributed by atoms with Crippen LogP contribution in [0.1, 0.15) is 17.0 Å². The number of hydrogen-bond donors (Lipinski definition) is 2. The van der Waals surface area contributed by atoms with Crippen molar-refractivity contribution in [1.82, 2.24) is 10.6 Å². The Morgan fingerprint density at radius 1 is 1.25 bits per heavy atom. The molecule has 3 amide bonds. The zero-order valence-electron chi connectivity index (χ0n) is 15.2. The van der Waals surface area contributed by atoms with Crippen molar-refractivity contribution in [3.63, 3.8) is 0 Å². The Morgan fingerprint density at radius 2 is 2.04 bits per heavy atom. The second-order valence-electron chi connectivity index (χ2n) is 6.26. The summed E-state index contributed by atoms with van der Waals surface area (Å²) in [5.41, 5.74) is 0.705. The Hall–Kier alpha value is -2.81. The lowest BCUT2D eigenvalue weighted by atomic mass is 10.1. The van der Waals surface area contributed by atoms with Crippen LogP contribution in [0.25, 0.3) is 0 Å². The number of anilines is 1. The number of carbonyl (C=O) groups is 3. The molecule has 1 fully saturated rings. The summed E-state index contributed by atoms with van der Waals surface area (Å²) in [4.78, 5) is 38.1. The van der Waals surface area contributed by atoms with Gasteiger partial charge in [-0.1, -0.05) is 6.07 Å². The fraction of sp³-hybridized carbons (Fsp3) is 0.316. The molecule has 28 heavy (non-hydrogen) atoms. The number of methoxy groups -OCH3 is 1. The molecular weight excluding hydrogens is 430 g/mol. The first-order valence-electron chi connectivity index (χ1n) is 8.73. The smallest absolute Gasteiger partial charge is 0.287 e. The quantitative estimate of drug-likeness (QED) is 0.629. The van der Waals surface area contributed by atoms with E-state index in [0.717, 1.165) is 0 Å². The molecule has 1 aromatic heterocycles. The lowest BCUT2D eigenvalue weighted by Gasteiger charge is -2.17. The van der Waals surface area contributed by atoms with E-state index in [2.05, 4.69) is 26.6 Å². The van der Waals surface area contributed by atoms with Gasteiger partial charge in [-0.25, -0.2) is 0 Å². The topological polar surface area (TPSA) is 101 Å². The van der Waals surface area contributed by atoms with E-state index in [9.17, 15) is 14.4 Å². The Kier molecular flexibility index (Phi) is 6.35. The van der Waals surface area contributed by atoms with Crippen molar-refractivity contribution in [3.05, 3.63) is 46.8 Å². The van der Waals surface area contributed by atoms with Gasteiger partial charge >= 0.3 is 0 Å². The Labute approximate surface area is 170 Å². The number of furan rings is 1. The second-order valence-corrected chi connectivity index (χ2v) is 7.04. The SMILES string of the molecule is COc1cccc(N2C[C@@H](C(=O)NCCNC(=O)c3ccc(Br)o3)CC2=O)c1. The number of nitrogens with one attached hydrogen (secondary N) is 2. The molecule has 2 heterocycles. The van der Waals surface area contributed by atoms with Gasteiger partial charge in [0.05, 0.1) is 13.0 Å². The predicted molar refractivity (Wildman–Crippen MR) is 105 cm³/mol. The minimum absolute atomic E-state index is 0.106. The highest BCUT2D eigenvalue weighted by atomic mass is 79.9. The Bertz CT molecular complexity index is 882. The fourth-order valence-corrected chi connectivity index (χ4v) is 3.25. The van der Waals surface area contributed by atoms with Crippen LogP contribution in [-0.4, -0.2) is 44.5 Å². The molecule has 1 aliphatic rings. The summed E-state index contributed by atoms with van der Waals surface area (Å²) in [5, 5.41) is 5.41. The van der Waals surface area contributed by atoms with Crippen molar-refractivity contribution in [1.29, 1.82) is 0 Å². The van der Waals surface area contributed by atoms with Crippen LogP contribution in [0.4, 0.5) is 5.69 Å². The summed E-state index contributed by atoms with van der Waals surface area (Å²) >= 11 is 3.13. The standard InChI is InChI=1S/C19H20BrN3O5/c1-27-14-4-2-3-13(10-14)23-11-12(9-17(23)24)18(25)21-7-8-22-19(26)15-5-6-16(20)28-15/h2-6,10,12H,7-9,11H2,1H3,(H,21,25)(H,22,26)/t12-/m0/s1. The van der Waals surface area contributed by atoms with E-state index >= 15 is 0 Å². The van der Waals surface area contributed by atoms with E-state index in [-0.39, 0.29) is 43.0 Å². The molecule has 0 bridgehead atoms. The Balaban J connectivity index is 1.46. The van der Waals surface area contributed by atoms with Gasteiger partial charge in [0.1, 0.15) is 5.75 Å². The molecule has 2 N–H and O–H groups in total. The molecule has 1 aromatic carbocycles. The molecular formula is C19H20BrN3O5. The first-order chi connectivity index (χ1) is 13.5. The van der Waals surface area contributed by atoms with E-state index in [4.69, 9.17) is 9.15 Å². The van der Waals surface area contributed by atoms with Gasteiger partial charge in [-0.15, -0.1) is 0 Å². The van der Waals surface area contributed by atoms with Crippen LogP contribution in [0.2, 0.25) is 0 Å². The second kappa shape index (κ2) is 8.92. The summed E-state index contributed by atoms with van der Waals surface area (Å²) in [7, 11) is 1.56. The van der Waals surface area contributed by atoms with Crippen molar-refractivity contribution in [2.24, 2.45) is 5.92 Å². The number of benzene rings is 1. The van der Waals surface area contributed by atoms with E-state index in [1.54, 1.807) is 42.3 Å². The molecule has 0 spiro atoms. The molecule has 1 aliphatic heterocycles. The Morgan fingerprint density at radius 3 is 2.75 bits per heavy atom. The number of ether oxygens (including phenoxy) is 1. The highest BCUT2D eigenvalue weighted by molar-refractivity contribution is 9.10. The fourth-order valence-electron chi connectivity index (χ4n) is 2.94. The van der Waals surface area contributed by atoms with Gasteiger partial charge < -0.3 is 24.7 Å². The lowest BCUT2D eigenvalue weighted by molar-refractivity contribution is -0.126. The normalized spacial score (nSPS) is 16.1. The van der Waals surface area contributed by atoms with Crippen molar-refractivity contribution < 1.29 is 23.5 Å². The van der Waals surface area contributed by atoms with Gasteiger partial charge in [0.15, 0.2) is 10.4 Å². The maximum atomic E-state index is 12.4. The third kappa shape index (κ3) is 4.72. The summed E-state index contributed by atoms with van der Waals surface area (Å²) in [6, 6.07) is 10.3. The van der Waals surface area contributed by atoms with E-state index in [0.29, 0.717) is 22.7 Å². The summed E-state index contributed by atoms with van der Waals surface area (Å²) in [5.74, 6) is -0.277. The molecule has 0 radical (unpaired) electrons. The number of carbonyl (C=O) groups excluding carboxylic acids is 3. The number of nitrogens with zero attached hydrogens (tertiary/aromatic N) is 1. The van der Waals surface area contributed by atoms with Crippen molar-refractivity contribution in [2.75, 3.05) is 31.6 Å². The van der Waals surface area contributed by atoms with Crippen LogP contribution < -0.4 is 20.3 Å². The van der Waals surface area contributed by atoms with Gasteiger partial charge in [0.2, 0.25) is 11.8 Å². The molecule has 2 aromatic rings. The largest absolute Gasteiger partial charge is 0.497 e. The monoisotopic (exact) mass is 449 g/mol. The molecule has 0 unspecified atom stereocenters. The molecule has 1 atom stereocenters. The first-order valence-corrected chi connectivity index (χ1v) is 9.53. The van der Waals surface area contributed by atoms with Gasteiger partial charge in [0.25, 0.3) is 5.91 Å². The molecule has 0 saturated carbocycles. The van der Waals surface area contributed by atoms with Crippen LogP contribution in [0.15, 0.2) is 45.5 Å². The van der Waals surface area contributed by atoms with Gasteiger partial charge in [-0.2, -0.15) is 0 Å². The third-order valence-corrected chi connectivity index (χ3v) is 4.79. The molecule has 3 rings (SSSR count). The molecule has 8 nitrogen and oxygen atoms in total. The van der Waals surface area contributed by atoms with E-state index in [1.165, 1.54) is 0 Å². The number of halogens is 1. The molecule has 0 aliphatic carbocycles. The van der Waals surface area contributed by atoms with E-state index in [1.807, 2.05) is 6.07 Å². The first kappa shape index (κ1) is 19.9. The van der Waals surface area contributed by atoms with Gasteiger partial charge in [-0.05, 0) is 40.2 Å². The average molecular weight is 450 g/mol. The highest BCUT2D eigenvalue weighted by Crippen LogP contribution is 2.27. The minimum Gasteiger partial charge on any atom is -0.497 e. The zero-order chi connectivity index (χ0) is 20.1. The number of hydrogen-bond acceptors (Lipinski definition) is 5. The van der Waals surface area contributed by atoms with Crippen molar-refractivity contribution >= 4 is 39.3 Å². The van der Waals surface area contributed by atoms with Crippen molar-refractivity contribution in [2.45, 2.75) is 6.42 Å². The molecule has 148 valence electrons. The molecule has 1 saturated heterocycles. The van der Waals surface area contributed by atoms with E-state index < -0.39 is 5.92 Å².